The Balaban J connectivity index is 2.22. The molecule has 5 heteroatoms. The van der Waals surface area contributed by atoms with E-state index in [2.05, 4.69) is 5.32 Å². The molecule has 0 amide bonds. The lowest BCUT2D eigenvalue weighted by Gasteiger charge is -2.22. The monoisotopic (exact) mass is 269 g/mol. The number of carboxylic acid groups (broad SMARTS) is 1. The number of hydrogen-bond donors (Lipinski definition) is 2. The predicted octanol–water partition coefficient (Wildman–Crippen LogP) is 3.02. The maximum absolute atomic E-state index is 11.1. The van der Waals surface area contributed by atoms with Crippen molar-refractivity contribution in [1.82, 2.24) is 0 Å². The van der Waals surface area contributed by atoms with Gasteiger partial charge >= 0.3 is 5.97 Å². The van der Waals surface area contributed by atoms with E-state index in [1.165, 1.54) is 6.07 Å². The number of ether oxygens (including phenoxy) is 1. The molecule has 1 saturated carbocycles. The summed E-state index contributed by atoms with van der Waals surface area (Å²) in [5.41, 5.74) is 0.796. The Hall–Kier alpha value is -1.26. The van der Waals surface area contributed by atoms with E-state index in [9.17, 15) is 4.79 Å². The zero-order valence-electron chi connectivity index (χ0n) is 10.1. The molecule has 0 heterocycles. The highest BCUT2D eigenvalue weighted by Gasteiger charge is 2.28. The van der Waals surface area contributed by atoms with Gasteiger partial charge in [0.15, 0.2) is 0 Å². The first kappa shape index (κ1) is 13.2. The molecule has 1 aliphatic carbocycles. The smallest absolute Gasteiger partial charge is 0.337 e. The molecule has 0 aromatic heterocycles. The second-order valence-electron chi connectivity index (χ2n) is 4.45. The van der Waals surface area contributed by atoms with Crippen molar-refractivity contribution >= 4 is 23.3 Å². The summed E-state index contributed by atoms with van der Waals surface area (Å²) in [6.45, 7) is 0. The van der Waals surface area contributed by atoms with Gasteiger partial charge in [-0.05, 0) is 37.5 Å². The van der Waals surface area contributed by atoms with Gasteiger partial charge in [0.2, 0.25) is 0 Å². The van der Waals surface area contributed by atoms with Gasteiger partial charge in [0.25, 0.3) is 0 Å². The van der Waals surface area contributed by atoms with Crippen molar-refractivity contribution in [2.75, 3.05) is 12.4 Å². The van der Waals surface area contributed by atoms with Crippen molar-refractivity contribution in [3.05, 3.63) is 28.8 Å². The van der Waals surface area contributed by atoms with Crippen molar-refractivity contribution in [2.45, 2.75) is 31.4 Å². The van der Waals surface area contributed by atoms with Crippen LogP contribution in [0, 0.1) is 0 Å². The van der Waals surface area contributed by atoms with Gasteiger partial charge in [-0.25, -0.2) is 4.79 Å². The highest BCUT2D eigenvalue weighted by Crippen LogP contribution is 2.28. The molecule has 2 rings (SSSR count). The topological polar surface area (TPSA) is 58.6 Å². The Morgan fingerprint density at radius 1 is 1.50 bits per heavy atom. The Morgan fingerprint density at radius 2 is 2.28 bits per heavy atom. The molecule has 1 aliphatic rings. The van der Waals surface area contributed by atoms with Gasteiger partial charge in [-0.15, -0.1) is 0 Å². The van der Waals surface area contributed by atoms with Crippen LogP contribution in [0.3, 0.4) is 0 Å². The van der Waals surface area contributed by atoms with Crippen LogP contribution in [0.2, 0.25) is 5.02 Å². The Morgan fingerprint density at radius 3 is 2.94 bits per heavy atom. The molecule has 0 aliphatic heterocycles. The molecule has 2 unspecified atom stereocenters. The summed E-state index contributed by atoms with van der Waals surface area (Å²) in [6, 6.07) is 4.89. The number of methoxy groups -OCH3 is 1. The lowest BCUT2D eigenvalue weighted by Crippen LogP contribution is -2.30. The minimum absolute atomic E-state index is 0.130. The standard InChI is InChI=1S/C13H16ClNO3/c1-18-12-4-2-3-10(12)15-11-7-8(14)5-6-9(11)13(16)17/h5-7,10,12,15H,2-4H2,1H3,(H,16,17). The number of halogens is 1. The van der Waals surface area contributed by atoms with E-state index in [1.54, 1.807) is 19.2 Å². The summed E-state index contributed by atoms with van der Waals surface area (Å²) in [5, 5.41) is 12.9. The highest BCUT2D eigenvalue weighted by molar-refractivity contribution is 6.31. The van der Waals surface area contributed by atoms with E-state index in [0.717, 1.165) is 19.3 Å². The fraction of sp³-hybridized carbons (Fsp3) is 0.462. The first-order chi connectivity index (χ1) is 8.61. The SMILES string of the molecule is COC1CCCC1Nc1cc(Cl)ccc1C(=O)O. The van der Waals surface area contributed by atoms with Crippen LogP contribution in [-0.2, 0) is 4.74 Å². The Kier molecular flexibility index (Phi) is 4.09. The second kappa shape index (κ2) is 5.59. The summed E-state index contributed by atoms with van der Waals surface area (Å²) in [7, 11) is 1.68. The molecular weight excluding hydrogens is 254 g/mol. The minimum atomic E-state index is -0.957. The van der Waals surface area contributed by atoms with Crippen LogP contribution >= 0.6 is 11.6 Å². The third-order valence-corrected chi connectivity index (χ3v) is 3.54. The number of benzene rings is 1. The normalized spacial score (nSPS) is 23.0. The largest absolute Gasteiger partial charge is 0.478 e. The molecular formula is C13H16ClNO3. The van der Waals surface area contributed by atoms with Gasteiger partial charge in [0.1, 0.15) is 0 Å². The second-order valence-corrected chi connectivity index (χ2v) is 4.89. The summed E-state index contributed by atoms with van der Waals surface area (Å²) >= 11 is 5.91. The number of rotatable bonds is 4. The molecule has 98 valence electrons. The third-order valence-electron chi connectivity index (χ3n) is 3.31. The molecule has 4 nitrogen and oxygen atoms in total. The van der Waals surface area contributed by atoms with Gasteiger partial charge < -0.3 is 15.2 Å². The van der Waals surface area contributed by atoms with Crippen LogP contribution in [0.15, 0.2) is 18.2 Å². The van der Waals surface area contributed by atoms with E-state index >= 15 is 0 Å². The minimum Gasteiger partial charge on any atom is -0.478 e. The Labute approximate surface area is 111 Å². The van der Waals surface area contributed by atoms with Gasteiger partial charge in [-0.3, -0.25) is 0 Å². The van der Waals surface area contributed by atoms with Gasteiger partial charge in [-0.1, -0.05) is 11.6 Å². The van der Waals surface area contributed by atoms with E-state index in [4.69, 9.17) is 21.4 Å². The van der Waals surface area contributed by atoms with E-state index < -0.39 is 5.97 Å². The average Bonchev–Trinajstić information content (AvgIpc) is 2.76. The van der Waals surface area contributed by atoms with Crippen LogP contribution in [0.5, 0.6) is 0 Å². The zero-order valence-corrected chi connectivity index (χ0v) is 10.9. The summed E-state index contributed by atoms with van der Waals surface area (Å²) < 4.78 is 5.38. The first-order valence-electron chi connectivity index (χ1n) is 5.94. The van der Waals surface area contributed by atoms with Crippen LogP contribution < -0.4 is 5.32 Å². The number of nitrogens with one attached hydrogen (secondary N) is 1. The maximum atomic E-state index is 11.1. The highest BCUT2D eigenvalue weighted by atomic mass is 35.5. The number of hydrogen-bond acceptors (Lipinski definition) is 3. The molecule has 18 heavy (non-hydrogen) atoms. The van der Waals surface area contributed by atoms with Gasteiger partial charge in [-0.2, -0.15) is 0 Å². The molecule has 0 bridgehead atoms. The molecule has 1 fully saturated rings. The molecule has 1 aromatic carbocycles. The maximum Gasteiger partial charge on any atom is 0.337 e. The van der Waals surface area contributed by atoms with Crippen molar-refractivity contribution in [1.29, 1.82) is 0 Å². The molecule has 2 N–H and O–H groups in total. The van der Waals surface area contributed by atoms with Crippen LogP contribution in [-0.4, -0.2) is 30.3 Å². The van der Waals surface area contributed by atoms with Crippen molar-refractivity contribution < 1.29 is 14.6 Å². The first-order valence-corrected chi connectivity index (χ1v) is 6.32. The van der Waals surface area contributed by atoms with Crippen LogP contribution in [0.1, 0.15) is 29.6 Å². The van der Waals surface area contributed by atoms with Crippen LogP contribution in [0.25, 0.3) is 0 Å². The Bertz CT molecular complexity index is 450. The number of carbonyl (C=O) groups is 1. The van der Waals surface area contributed by atoms with E-state index in [0.29, 0.717) is 10.7 Å². The van der Waals surface area contributed by atoms with Crippen LogP contribution in [0.4, 0.5) is 5.69 Å². The molecule has 0 saturated heterocycles. The number of carboxylic acids is 1. The zero-order chi connectivity index (χ0) is 13.1. The van der Waals surface area contributed by atoms with Gasteiger partial charge in [0.05, 0.1) is 23.4 Å². The average molecular weight is 270 g/mol. The molecule has 2 atom stereocenters. The molecule has 0 spiro atoms. The summed E-state index contributed by atoms with van der Waals surface area (Å²) in [4.78, 5) is 11.1. The quantitative estimate of drug-likeness (QED) is 0.882. The van der Waals surface area contributed by atoms with E-state index in [1.807, 2.05) is 0 Å². The number of aromatic carboxylic acids is 1. The molecule has 0 radical (unpaired) electrons. The lowest BCUT2D eigenvalue weighted by molar-refractivity contribution is 0.0697. The van der Waals surface area contributed by atoms with Crippen molar-refractivity contribution in [3.8, 4) is 0 Å². The molecule has 1 aromatic rings. The van der Waals surface area contributed by atoms with E-state index in [-0.39, 0.29) is 17.7 Å². The van der Waals surface area contributed by atoms with Crippen molar-refractivity contribution in [2.24, 2.45) is 0 Å². The number of anilines is 1. The lowest BCUT2D eigenvalue weighted by atomic mass is 10.1. The summed E-state index contributed by atoms with van der Waals surface area (Å²) in [6.07, 6.45) is 3.19. The fourth-order valence-electron chi connectivity index (χ4n) is 2.40. The fourth-order valence-corrected chi connectivity index (χ4v) is 2.57. The predicted molar refractivity (Wildman–Crippen MR) is 70.5 cm³/mol. The summed E-state index contributed by atoms with van der Waals surface area (Å²) in [5.74, 6) is -0.957. The third kappa shape index (κ3) is 2.76. The van der Waals surface area contributed by atoms with Gasteiger partial charge in [0, 0.05) is 12.1 Å². The van der Waals surface area contributed by atoms with Crippen molar-refractivity contribution in [3.63, 3.8) is 0 Å².